The van der Waals surface area contributed by atoms with Gasteiger partial charge in [0.25, 0.3) is 0 Å². The van der Waals surface area contributed by atoms with E-state index in [1.54, 1.807) is 6.92 Å². The number of ether oxygens (including phenoxy) is 1. The van der Waals surface area contributed by atoms with Gasteiger partial charge >= 0.3 is 0 Å². The van der Waals surface area contributed by atoms with Gasteiger partial charge in [-0.25, -0.2) is 0 Å². The summed E-state index contributed by atoms with van der Waals surface area (Å²) in [4.78, 5) is 22.5. The maximum atomic E-state index is 11.7. The Hall–Kier alpha value is -1.01. The van der Waals surface area contributed by atoms with E-state index in [9.17, 15) is 9.70 Å². The lowest BCUT2D eigenvalue weighted by molar-refractivity contribution is -0.138. The molecule has 1 aliphatic rings. The van der Waals surface area contributed by atoms with E-state index in [1.807, 2.05) is 0 Å². The van der Waals surface area contributed by atoms with E-state index < -0.39 is 17.6 Å². The average molecular weight is 243 g/mol. The Labute approximate surface area is 101 Å². The number of primary amides is 1. The van der Waals surface area contributed by atoms with Crippen LogP contribution in [0.25, 0.3) is 0 Å². The largest absolute Gasteiger partial charge is 0.369 e. The van der Waals surface area contributed by atoms with E-state index in [0.29, 0.717) is 19.4 Å². The first-order valence-electron chi connectivity index (χ1n) is 6.06. The van der Waals surface area contributed by atoms with Crippen molar-refractivity contribution in [3.63, 3.8) is 0 Å². The minimum atomic E-state index is -0.841. The van der Waals surface area contributed by atoms with Crippen LogP contribution < -0.4 is 11.5 Å². The maximum Gasteiger partial charge on any atom is 0.225 e. The topological polar surface area (TPSA) is 108 Å². The Morgan fingerprint density at radius 3 is 2.76 bits per heavy atom. The Morgan fingerprint density at radius 2 is 2.29 bits per heavy atom. The fourth-order valence-corrected chi connectivity index (χ4v) is 2.73. The molecule has 1 fully saturated rings. The van der Waals surface area contributed by atoms with Crippen LogP contribution in [-0.4, -0.2) is 25.3 Å². The molecule has 0 aromatic carbocycles. The molecule has 0 bridgehead atoms. The van der Waals surface area contributed by atoms with Crippen LogP contribution in [0, 0.1) is 16.2 Å². The van der Waals surface area contributed by atoms with Crippen LogP contribution in [0.2, 0.25) is 0 Å². The van der Waals surface area contributed by atoms with E-state index in [-0.39, 0.29) is 12.5 Å². The summed E-state index contributed by atoms with van der Waals surface area (Å²) in [6.45, 7) is 2.31. The number of hydrogen-bond acceptors (Lipinski definition) is 5. The van der Waals surface area contributed by atoms with Crippen molar-refractivity contribution >= 4 is 5.91 Å². The summed E-state index contributed by atoms with van der Waals surface area (Å²) in [7, 11) is 0. The molecule has 3 unspecified atom stereocenters. The predicted molar refractivity (Wildman–Crippen MR) is 63.8 cm³/mol. The van der Waals surface area contributed by atoms with Crippen molar-refractivity contribution < 1.29 is 9.53 Å². The summed E-state index contributed by atoms with van der Waals surface area (Å²) in [5, 5.41) is 2.99. The Kier molecular flexibility index (Phi) is 5.02. The zero-order valence-electron chi connectivity index (χ0n) is 10.2. The average Bonchev–Trinajstić information content (AvgIpc) is 2.35. The number of carbonyl (C=O) groups excluding carboxylic acids is 1. The fourth-order valence-electron chi connectivity index (χ4n) is 2.73. The molecule has 0 aromatic rings. The monoisotopic (exact) mass is 243 g/mol. The standard InChI is InChI=1S/C11H21N3O3/c1-2-17-9(14-16)8-5-3-4-6-11(8,7-12)10(13)15/h8-9H,2-7,12H2,1H3,(H2,13,15). The minimum absolute atomic E-state index is 0.145. The van der Waals surface area contributed by atoms with Crippen LogP contribution in [0.1, 0.15) is 32.6 Å². The third kappa shape index (κ3) is 2.63. The molecular weight excluding hydrogens is 222 g/mol. The maximum absolute atomic E-state index is 11.7. The molecule has 0 heterocycles. The Morgan fingerprint density at radius 1 is 1.59 bits per heavy atom. The number of rotatable bonds is 6. The number of carbonyl (C=O) groups is 1. The fraction of sp³-hybridized carbons (Fsp3) is 0.909. The molecule has 0 spiro atoms. The molecule has 1 saturated carbocycles. The zero-order chi connectivity index (χ0) is 12.9. The molecule has 0 radical (unpaired) electrons. The first-order valence-corrected chi connectivity index (χ1v) is 6.06. The van der Waals surface area contributed by atoms with Crippen molar-refractivity contribution in [2.45, 2.75) is 38.8 Å². The molecular formula is C11H21N3O3. The molecule has 0 aliphatic heterocycles. The van der Waals surface area contributed by atoms with Gasteiger partial charge in [0, 0.05) is 19.1 Å². The van der Waals surface area contributed by atoms with Gasteiger partial charge in [0.15, 0.2) is 6.23 Å². The third-order valence-corrected chi connectivity index (χ3v) is 3.74. The second kappa shape index (κ2) is 6.07. The van der Waals surface area contributed by atoms with Gasteiger partial charge < -0.3 is 16.2 Å². The predicted octanol–water partition coefficient (Wildman–Crippen LogP) is 0.736. The molecule has 6 nitrogen and oxygen atoms in total. The summed E-state index contributed by atoms with van der Waals surface area (Å²) in [6, 6.07) is 0. The van der Waals surface area contributed by atoms with Crippen molar-refractivity contribution in [2.24, 2.45) is 28.0 Å². The summed E-state index contributed by atoms with van der Waals surface area (Å²) in [6.07, 6.45) is 2.34. The molecule has 1 rings (SSSR count). The Balaban J connectivity index is 2.97. The quantitative estimate of drug-likeness (QED) is 0.670. The lowest BCUT2D eigenvalue weighted by atomic mass is 9.65. The van der Waals surface area contributed by atoms with Crippen molar-refractivity contribution in [1.82, 2.24) is 0 Å². The van der Waals surface area contributed by atoms with Gasteiger partial charge in [0.2, 0.25) is 5.91 Å². The van der Waals surface area contributed by atoms with Crippen molar-refractivity contribution in [2.75, 3.05) is 13.2 Å². The summed E-state index contributed by atoms with van der Waals surface area (Å²) in [5.41, 5.74) is 10.4. The van der Waals surface area contributed by atoms with E-state index >= 15 is 0 Å². The molecule has 6 heteroatoms. The SMILES string of the molecule is CCOC(N=O)C1CCCCC1(CN)C(N)=O. The number of nitroso groups, excluding NO2 is 1. The third-order valence-electron chi connectivity index (χ3n) is 3.74. The number of nitrogens with zero attached hydrogens (tertiary/aromatic N) is 1. The van der Waals surface area contributed by atoms with Crippen molar-refractivity contribution in [3.05, 3.63) is 4.91 Å². The van der Waals surface area contributed by atoms with Crippen LogP contribution in [0.5, 0.6) is 0 Å². The van der Waals surface area contributed by atoms with Crippen LogP contribution in [0.4, 0.5) is 0 Å². The molecule has 17 heavy (non-hydrogen) atoms. The Bertz CT molecular complexity index is 285. The van der Waals surface area contributed by atoms with E-state index in [2.05, 4.69) is 5.18 Å². The van der Waals surface area contributed by atoms with Gasteiger partial charge in [0.1, 0.15) is 0 Å². The second-order valence-corrected chi connectivity index (χ2v) is 4.53. The van der Waals surface area contributed by atoms with Gasteiger partial charge in [-0.2, -0.15) is 0 Å². The van der Waals surface area contributed by atoms with Crippen molar-refractivity contribution in [1.29, 1.82) is 0 Å². The molecule has 0 saturated heterocycles. The van der Waals surface area contributed by atoms with E-state index in [0.717, 1.165) is 12.8 Å². The van der Waals surface area contributed by atoms with E-state index in [1.165, 1.54) is 0 Å². The highest BCUT2D eigenvalue weighted by molar-refractivity contribution is 5.81. The number of amides is 1. The van der Waals surface area contributed by atoms with Crippen LogP contribution in [0.3, 0.4) is 0 Å². The summed E-state index contributed by atoms with van der Waals surface area (Å²) in [5.74, 6) is -0.741. The van der Waals surface area contributed by atoms with Crippen molar-refractivity contribution in [3.8, 4) is 0 Å². The van der Waals surface area contributed by atoms with Gasteiger partial charge in [-0.1, -0.05) is 12.8 Å². The van der Waals surface area contributed by atoms with Gasteiger partial charge in [-0.3, -0.25) is 4.79 Å². The minimum Gasteiger partial charge on any atom is -0.369 e. The number of hydrogen-bond donors (Lipinski definition) is 2. The molecule has 0 aromatic heterocycles. The van der Waals surface area contributed by atoms with Crippen LogP contribution in [-0.2, 0) is 9.53 Å². The highest BCUT2D eigenvalue weighted by atomic mass is 16.5. The zero-order valence-corrected chi connectivity index (χ0v) is 10.2. The molecule has 98 valence electrons. The summed E-state index contributed by atoms with van der Waals surface area (Å²) >= 11 is 0. The highest BCUT2D eigenvalue weighted by Gasteiger charge is 2.49. The van der Waals surface area contributed by atoms with Crippen LogP contribution in [0.15, 0.2) is 5.18 Å². The number of nitrogens with two attached hydrogens (primary N) is 2. The molecule has 1 amide bonds. The summed E-state index contributed by atoms with van der Waals surface area (Å²) < 4.78 is 5.30. The molecule has 1 aliphatic carbocycles. The van der Waals surface area contributed by atoms with Gasteiger partial charge in [-0.05, 0) is 24.9 Å². The lowest BCUT2D eigenvalue weighted by Gasteiger charge is -2.42. The van der Waals surface area contributed by atoms with Gasteiger partial charge in [0.05, 0.1) is 5.41 Å². The second-order valence-electron chi connectivity index (χ2n) is 4.53. The molecule has 3 atom stereocenters. The molecule has 4 N–H and O–H groups in total. The normalized spacial score (nSPS) is 30.8. The van der Waals surface area contributed by atoms with Gasteiger partial charge in [-0.15, -0.1) is 4.91 Å². The first-order chi connectivity index (χ1) is 8.12. The lowest BCUT2D eigenvalue weighted by Crippen LogP contribution is -2.53. The van der Waals surface area contributed by atoms with Crippen LogP contribution >= 0.6 is 0 Å². The smallest absolute Gasteiger partial charge is 0.225 e. The first kappa shape index (κ1) is 14.1. The van der Waals surface area contributed by atoms with E-state index in [4.69, 9.17) is 16.2 Å². The highest BCUT2D eigenvalue weighted by Crippen LogP contribution is 2.43.